The van der Waals surface area contributed by atoms with E-state index in [4.69, 9.17) is 5.11 Å². The van der Waals surface area contributed by atoms with Crippen molar-refractivity contribution >= 4 is 17.8 Å². The second kappa shape index (κ2) is 7.75. The monoisotopic (exact) mass is 321 g/mol. The average molecular weight is 321 g/mol. The molecule has 0 aliphatic carbocycles. The van der Waals surface area contributed by atoms with Crippen molar-refractivity contribution in [3.8, 4) is 0 Å². The van der Waals surface area contributed by atoms with Crippen LogP contribution in [0.2, 0.25) is 0 Å². The maximum atomic E-state index is 11.9. The number of hydrogen-bond acceptors (Lipinski definition) is 5. The fourth-order valence-electron chi connectivity index (χ4n) is 2.31. The van der Waals surface area contributed by atoms with Gasteiger partial charge in [0.15, 0.2) is 11.5 Å². The highest BCUT2D eigenvalue weighted by atomic mass is 16.4. The van der Waals surface area contributed by atoms with Crippen LogP contribution in [0.5, 0.6) is 0 Å². The van der Waals surface area contributed by atoms with Crippen LogP contribution >= 0.6 is 0 Å². The quantitative estimate of drug-likeness (QED) is 0.841. The minimum atomic E-state index is -0.899. The molecule has 23 heavy (non-hydrogen) atoms. The molecule has 1 aromatic rings. The van der Waals surface area contributed by atoms with Crippen molar-refractivity contribution < 1.29 is 14.7 Å². The third-order valence-corrected chi connectivity index (χ3v) is 3.76. The van der Waals surface area contributed by atoms with Crippen LogP contribution in [0.3, 0.4) is 0 Å². The van der Waals surface area contributed by atoms with E-state index in [1.807, 2.05) is 4.90 Å². The zero-order valence-electron chi connectivity index (χ0n) is 13.5. The molecule has 8 nitrogen and oxygen atoms in total. The highest BCUT2D eigenvalue weighted by molar-refractivity contribution is 5.92. The molecule has 2 N–H and O–H groups in total. The van der Waals surface area contributed by atoms with Gasteiger partial charge >= 0.3 is 6.09 Å². The average Bonchev–Trinajstić information content (AvgIpc) is 2.54. The van der Waals surface area contributed by atoms with Crippen molar-refractivity contribution in [3.63, 3.8) is 0 Å². The number of nitrogens with one attached hydrogen (secondary N) is 1. The number of rotatable bonds is 5. The standard InChI is InChI=1S/C15H23N5O3/c1-11(2)5-6-16-14(21)12-3-4-13(18-17-12)19-7-9-20(10-8-19)15(22)23/h3-4,11H,5-10H2,1-2H3,(H,16,21)(H,22,23). The van der Waals surface area contributed by atoms with E-state index in [-0.39, 0.29) is 5.91 Å². The molecule has 8 heteroatoms. The van der Waals surface area contributed by atoms with Crippen LogP contribution in [-0.2, 0) is 0 Å². The van der Waals surface area contributed by atoms with E-state index in [1.54, 1.807) is 12.1 Å². The summed E-state index contributed by atoms with van der Waals surface area (Å²) in [6.45, 7) is 6.84. The normalized spacial score (nSPS) is 14.9. The molecule has 2 rings (SSSR count). The van der Waals surface area contributed by atoms with Crippen molar-refractivity contribution in [3.05, 3.63) is 17.8 Å². The largest absolute Gasteiger partial charge is 0.465 e. The molecule has 0 atom stereocenters. The van der Waals surface area contributed by atoms with Gasteiger partial charge in [0.1, 0.15) is 0 Å². The highest BCUT2D eigenvalue weighted by Gasteiger charge is 2.21. The third kappa shape index (κ3) is 4.80. The summed E-state index contributed by atoms with van der Waals surface area (Å²) >= 11 is 0. The Hall–Kier alpha value is -2.38. The van der Waals surface area contributed by atoms with E-state index in [0.717, 1.165) is 6.42 Å². The molecule has 0 bridgehead atoms. The molecule has 126 valence electrons. The van der Waals surface area contributed by atoms with E-state index in [1.165, 1.54) is 4.90 Å². The van der Waals surface area contributed by atoms with Gasteiger partial charge in [-0.15, -0.1) is 10.2 Å². The van der Waals surface area contributed by atoms with Crippen LogP contribution < -0.4 is 10.2 Å². The number of anilines is 1. The molecule has 0 radical (unpaired) electrons. The van der Waals surface area contributed by atoms with Crippen molar-refractivity contribution in [1.82, 2.24) is 20.4 Å². The number of carbonyl (C=O) groups is 2. The minimum Gasteiger partial charge on any atom is -0.465 e. The van der Waals surface area contributed by atoms with E-state index >= 15 is 0 Å². The van der Waals surface area contributed by atoms with Crippen LogP contribution in [0.25, 0.3) is 0 Å². The summed E-state index contributed by atoms with van der Waals surface area (Å²) < 4.78 is 0. The summed E-state index contributed by atoms with van der Waals surface area (Å²) in [6.07, 6.45) is 0.0228. The van der Waals surface area contributed by atoms with Gasteiger partial charge in [0, 0.05) is 32.7 Å². The van der Waals surface area contributed by atoms with Gasteiger partial charge in [-0.1, -0.05) is 13.8 Å². The third-order valence-electron chi connectivity index (χ3n) is 3.76. The molecule has 1 aliphatic heterocycles. The van der Waals surface area contributed by atoms with Crippen molar-refractivity contribution in [2.75, 3.05) is 37.6 Å². The molecule has 2 amide bonds. The highest BCUT2D eigenvalue weighted by Crippen LogP contribution is 2.13. The predicted octanol–water partition coefficient (Wildman–Crippen LogP) is 1.05. The first kappa shape index (κ1) is 17.0. The van der Waals surface area contributed by atoms with Crippen molar-refractivity contribution in [1.29, 1.82) is 0 Å². The molecule has 0 saturated carbocycles. The number of hydrogen-bond donors (Lipinski definition) is 2. The lowest BCUT2D eigenvalue weighted by Crippen LogP contribution is -2.48. The van der Waals surface area contributed by atoms with Crippen molar-refractivity contribution in [2.45, 2.75) is 20.3 Å². The Balaban J connectivity index is 1.87. The van der Waals surface area contributed by atoms with Gasteiger partial charge in [-0.25, -0.2) is 4.79 Å². The molecular formula is C15H23N5O3. The van der Waals surface area contributed by atoms with Crippen LogP contribution in [-0.4, -0.2) is 64.9 Å². The van der Waals surface area contributed by atoms with Gasteiger partial charge in [-0.3, -0.25) is 4.79 Å². The first-order valence-electron chi connectivity index (χ1n) is 7.82. The summed E-state index contributed by atoms with van der Waals surface area (Å²) in [5, 5.41) is 19.8. The smallest absolute Gasteiger partial charge is 0.407 e. The number of carboxylic acid groups (broad SMARTS) is 1. The van der Waals surface area contributed by atoms with E-state index in [9.17, 15) is 9.59 Å². The maximum absolute atomic E-state index is 11.9. The Morgan fingerprint density at radius 3 is 2.43 bits per heavy atom. The SMILES string of the molecule is CC(C)CCNC(=O)c1ccc(N2CCN(C(=O)O)CC2)nn1. The zero-order chi connectivity index (χ0) is 16.8. The zero-order valence-corrected chi connectivity index (χ0v) is 13.5. The Labute approximate surface area is 135 Å². The van der Waals surface area contributed by atoms with Gasteiger partial charge < -0.3 is 20.2 Å². The Bertz CT molecular complexity index is 539. The molecule has 1 aromatic heterocycles. The predicted molar refractivity (Wildman–Crippen MR) is 85.6 cm³/mol. The van der Waals surface area contributed by atoms with Gasteiger partial charge in [0.25, 0.3) is 5.91 Å². The number of nitrogens with zero attached hydrogens (tertiary/aromatic N) is 4. The lowest BCUT2D eigenvalue weighted by Gasteiger charge is -2.33. The molecular weight excluding hydrogens is 298 g/mol. The number of amides is 2. The van der Waals surface area contributed by atoms with Gasteiger partial charge in [0.2, 0.25) is 0 Å². The van der Waals surface area contributed by atoms with Crippen molar-refractivity contribution in [2.24, 2.45) is 5.92 Å². The number of aromatic nitrogens is 2. The maximum Gasteiger partial charge on any atom is 0.407 e. The van der Waals surface area contributed by atoms with E-state index < -0.39 is 6.09 Å². The van der Waals surface area contributed by atoms with Gasteiger partial charge in [0.05, 0.1) is 0 Å². The molecule has 2 heterocycles. The van der Waals surface area contributed by atoms with Gasteiger partial charge in [-0.2, -0.15) is 0 Å². The lowest BCUT2D eigenvalue weighted by atomic mass is 10.1. The molecule has 0 spiro atoms. The topological polar surface area (TPSA) is 98.7 Å². The van der Waals surface area contributed by atoms with Crippen LogP contribution in [0.4, 0.5) is 10.6 Å². The summed E-state index contributed by atoms with van der Waals surface area (Å²) in [5.41, 5.74) is 0.293. The summed E-state index contributed by atoms with van der Waals surface area (Å²) in [5.74, 6) is 0.974. The van der Waals surface area contributed by atoms with Gasteiger partial charge in [-0.05, 0) is 24.5 Å². The van der Waals surface area contributed by atoms with E-state index in [2.05, 4.69) is 29.4 Å². The lowest BCUT2D eigenvalue weighted by molar-refractivity contribution is 0.0945. The fourth-order valence-corrected chi connectivity index (χ4v) is 2.31. The van der Waals surface area contributed by atoms with Crippen LogP contribution in [0, 0.1) is 5.92 Å². The number of carbonyl (C=O) groups excluding carboxylic acids is 1. The Kier molecular flexibility index (Phi) is 5.72. The van der Waals surface area contributed by atoms with Crippen LogP contribution in [0.15, 0.2) is 12.1 Å². The molecule has 1 fully saturated rings. The first-order valence-corrected chi connectivity index (χ1v) is 7.82. The summed E-state index contributed by atoms with van der Waals surface area (Å²) in [6, 6.07) is 3.40. The van der Waals surface area contributed by atoms with E-state index in [0.29, 0.717) is 50.2 Å². The Morgan fingerprint density at radius 2 is 1.91 bits per heavy atom. The minimum absolute atomic E-state index is 0.222. The summed E-state index contributed by atoms with van der Waals surface area (Å²) in [4.78, 5) is 26.2. The molecule has 0 unspecified atom stereocenters. The Morgan fingerprint density at radius 1 is 1.22 bits per heavy atom. The van der Waals surface area contributed by atoms with Crippen LogP contribution in [0.1, 0.15) is 30.8 Å². The number of piperazine rings is 1. The molecule has 1 saturated heterocycles. The second-order valence-electron chi connectivity index (χ2n) is 5.97. The second-order valence-corrected chi connectivity index (χ2v) is 5.97. The molecule has 0 aromatic carbocycles. The molecule has 1 aliphatic rings. The fraction of sp³-hybridized carbons (Fsp3) is 0.600. The summed E-state index contributed by atoms with van der Waals surface area (Å²) in [7, 11) is 0. The first-order chi connectivity index (χ1) is 11.0.